The van der Waals surface area contributed by atoms with Crippen molar-refractivity contribution in [3.63, 3.8) is 0 Å². The van der Waals surface area contributed by atoms with Crippen LogP contribution in [0.5, 0.6) is 0 Å². The van der Waals surface area contributed by atoms with E-state index in [1.807, 2.05) is 35.2 Å². The number of amides is 1. The van der Waals surface area contributed by atoms with Crippen LogP contribution in [0.15, 0.2) is 42.0 Å². The molecule has 18 heavy (non-hydrogen) atoms. The maximum atomic E-state index is 12.2. The molecule has 0 radical (unpaired) electrons. The number of carbonyl (C=O) groups excluding carboxylic acids is 1. The van der Waals surface area contributed by atoms with Gasteiger partial charge < -0.3 is 10.0 Å². The van der Waals surface area contributed by atoms with E-state index in [1.165, 1.54) is 0 Å². The summed E-state index contributed by atoms with van der Waals surface area (Å²) in [6.07, 6.45) is 2.85. The average molecular weight is 245 g/mol. The van der Waals surface area contributed by atoms with E-state index in [0.717, 1.165) is 30.5 Å². The van der Waals surface area contributed by atoms with Gasteiger partial charge in [-0.2, -0.15) is 0 Å². The Kier molecular flexibility index (Phi) is 4.15. The maximum Gasteiger partial charge on any atom is 0.249 e. The van der Waals surface area contributed by atoms with Crippen LogP contribution in [0.3, 0.4) is 0 Å². The van der Waals surface area contributed by atoms with Crippen LogP contribution < -0.4 is 0 Å². The van der Waals surface area contributed by atoms with Gasteiger partial charge in [-0.05, 0) is 31.4 Å². The van der Waals surface area contributed by atoms with Crippen molar-refractivity contribution in [2.45, 2.75) is 32.4 Å². The third-order valence-corrected chi connectivity index (χ3v) is 3.09. The Morgan fingerprint density at radius 3 is 2.78 bits per heavy atom. The third-order valence-electron chi connectivity index (χ3n) is 3.09. The lowest BCUT2D eigenvalue weighted by molar-refractivity contribution is -0.129. The van der Waals surface area contributed by atoms with E-state index in [0.29, 0.717) is 6.54 Å². The second-order valence-corrected chi connectivity index (χ2v) is 4.75. The van der Waals surface area contributed by atoms with Gasteiger partial charge in [0.05, 0.1) is 6.10 Å². The molecule has 2 rings (SSSR count). The molecule has 1 aliphatic heterocycles. The van der Waals surface area contributed by atoms with Crippen LogP contribution in [0, 0.1) is 0 Å². The molecule has 1 aromatic rings. The Hall–Kier alpha value is -1.61. The molecule has 96 valence electrons. The molecular weight excluding hydrogens is 226 g/mol. The number of likely N-dealkylation sites (tertiary alicyclic amines) is 1. The van der Waals surface area contributed by atoms with Crippen molar-refractivity contribution in [1.82, 2.24) is 4.90 Å². The molecule has 1 fully saturated rings. The standard InChI is InChI=1S/C15H19NO2/c1-12(17)10-14-8-5-9-16(15(14)18)11-13-6-3-2-4-7-13/h2-4,6-7,10,12,17H,5,8-9,11H2,1H3/b14-10-/t12-/m0/s1. The topological polar surface area (TPSA) is 40.5 Å². The normalized spacial score (nSPS) is 20.2. The van der Waals surface area contributed by atoms with Gasteiger partial charge in [-0.25, -0.2) is 0 Å². The number of benzene rings is 1. The van der Waals surface area contributed by atoms with E-state index in [4.69, 9.17) is 0 Å². The molecule has 1 N–H and O–H groups in total. The van der Waals surface area contributed by atoms with Gasteiger partial charge in [-0.1, -0.05) is 30.3 Å². The highest BCUT2D eigenvalue weighted by molar-refractivity contribution is 5.94. The van der Waals surface area contributed by atoms with Gasteiger partial charge in [0.25, 0.3) is 0 Å². The van der Waals surface area contributed by atoms with Crippen LogP contribution in [0.4, 0.5) is 0 Å². The maximum absolute atomic E-state index is 12.2. The van der Waals surface area contributed by atoms with Crippen LogP contribution in [-0.4, -0.2) is 28.6 Å². The van der Waals surface area contributed by atoms with Crippen LogP contribution in [-0.2, 0) is 11.3 Å². The molecule has 0 aromatic heterocycles. The van der Waals surface area contributed by atoms with Crippen molar-refractivity contribution in [2.75, 3.05) is 6.54 Å². The first-order valence-corrected chi connectivity index (χ1v) is 6.39. The Morgan fingerprint density at radius 1 is 1.39 bits per heavy atom. The van der Waals surface area contributed by atoms with E-state index in [1.54, 1.807) is 13.0 Å². The molecule has 0 bridgehead atoms. The molecule has 1 saturated heterocycles. The molecule has 1 amide bonds. The van der Waals surface area contributed by atoms with Crippen LogP contribution in [0.2, 0.25) is 0 Å². The number of aliphatic hydroxyl groups is 1. The van der Waals surface area contributed by atoms with Gasteiger partial charge in [0.2, 0.25) is 5.91 Å². The molecule has 0 spiro atoms. The first-order chi connectivity index (χ1) is 8.66. The van der Waals surface area contributed by atoms with Gasteiger partial charge in [0, 0.05) is 18.7 Å². The van der Waals surface area contributed by atoms with Gasteiger partial charge >= 0.3 is 0 Å². The van der Waals surface area contributed by atoms with Crippen molar-refractivity contribution in [2.24, 2.45) is 0 Å². The number of nitrogens with zero attached hydrogens (tertiary/aromatic N) is 1. The molecular formula is C15H19NO2. The Balaban J connectivity index is 2.08. The average Bonchev–Trinajstić information content (AvgIpc) is 2.35. The minimum absolute atomic E-state index is 0.0611. The Labute approximate surface area is 108 Å². The minimum atomic E-state index is -0.555. The van der Waals surface area contributed by atoms with Crippen LogP contribution in [0.1, 0.15) is 25.3 Å². The lowest BCUT2D eigenvalue weighted by atomic mass is 10.0. The molecule has 1 aromatic carbocycles. The van der Waals surface area contributed by atoms with E-state index in [2.05, 4.69) is 0 Å². The first-order valence-electron chi connectivity index (χ1n) is 6.39. The van der Waals surface area contributed by atoms with E-state index in [-0.39, 0.29) is 5.91 Å². The first kappa shape index (κ1) is 12.8. The molecule has 0 aliphatic carbocycles. The van der Waals surface area contributed by atoms with E-state index < -0.39 is 6.10 Å². The quantitative estimate of drug-likeness (QED) is 0.829. The molecule has 3 heteroatoms. The number of rotatable bonds is 3. The highest BCUT2D eigenvalue weighted by Gasteiger charge is 2.23. The summed E-state index contributed by atoms with van der Waals surface area (Å²) in [5.74, 6) is 0.0611. The van der Waals surface area contributed by atoms with E-state index in [9.17, 15) is 9.90 Å². The summed E-state index contributed by atoms with van der Waals surface area (Å²) in [5.41, 5.74) is 1.89. The van der Waals surface area contributed by atoms with Crippen molar-refractivity contribution >= 4 is 5.91 Å². The van der Waals surface area contributed by atoms with Gasteiger partial charge in [0.15, 0.2) is 0 Å². The van der Waals surface area contributed by atoms with Gasteiger partial charge in [-0.15, -0.1) is 0 Å². The number of hydrogen-bond donors (Lipinski definition) is 1. The van der Waals surface area contributed by atoms with E-state index >= 15 is 0 Å². The second-order valence-electron chi connectivity index (χ2n) is 4.75. The summed E-state index contributed by atoms with van der Waals surface area (Å²) in [5, 5.41) is 9.35. The summed E-state index contributed by atoms with van der Waals surface area (Å²) in [7, 11) is 0. The second kappa shape index (κ2) is 5.83. The number of carbonyl (C=O) groups is 1. The number of hydrogen-bond acceptors (Lipinski definition) is 2. The number of aliphatic hydroxyl groups excluding tert-OH is 1. The smallest absolute Gasteiger partial charge is 0.249 e. The zero-order valence-electron chi connectivity index (χ0n) is 10.7. The largest absolute Gasteiger partial charge is 0.389 e. The molecule has 0 saturated carbocycles. The fraction of sp³-hybridized carbons (Fsp3) is 0.400. The molecule has 3 nitrogen and oxygen atoms in total. The van der Waals surface area contributed by atoms with Crippen molar-refractivity contribution in [3.8, 4) is 0 Å². The fourth-order valence-electron chi connectivity index (χ4n) is 2.27. The zero-order valence-corrected chi connectivity index (χ0v) is 10.7. The van der Waals surface area contributed by atoms with Gasteiger partial charge in [0.1, 0.15) is 0 Å². The summed E-state index contributed by atoms with van der Waals surface area (Å²) in [4.78, 5) is 14.1. The van der Waals surface area contributed by atoms with Gasteiger partial charge in [-0.3, -0.25) is 4.79 Å². The van der Waals surface area contributed by atoms with Crippen molar-refractivity contribution < 1.29 is 9.90 Å². The molecule has 0 unspecified atom stereocenters. The predicted molar refractivity (Wildman–Crippen MR) is 70.9 cm³/mol. The lowest BCUT2D eigenvalue weighted by Gasteiger charge is -2.28. The SMILES string of the molecule is C[C@H](O)/C=C1/CCCN(Cc2ccccc2)C1=O. The lowest BCUT2D eigenvalue weighted by Crippen LogP contribution is -2.36. The monoisotopic (exact) mass is 245 g/mol. The van der Waals surface area contributed by atoms with Crippen LogP contribution in [0.25, 0.3) is 0 Å². The highest BCUT2D eigenvalue weighted by Crippen LogP contribution is 2.19. The fourth-order valence-corrected chi connectivity index (χ4v) is 2.27. The van der Waals surface area contributed by atoms with Crippen LogP contribution >= 0.6 is 0 Å². The third kappa shape index (κ3) is 3.20. The molecule has 1 heterocycles. The zero-order chi connectivity index (χ0) is 13.0. The number of piperidine rings is 1. The molecule has 1 aliphatic rings. The van der Waals surface area contributed by atoms with Crippen molar-refractivity contribution in [3.05, 3.63) is 47.5 Å². The predicted octanol–water partition coefficient (Wildman–Crippen LogP) is 2.12. The Morgan fingerprint density at radius 2 is 2.11 bits per heavy atom. The summed E-state index contributed by atoms with van der Waals surface area (Å²) < 4.78 is 0. The highest BCUT2D eigenvalue weighted by atomic mass is 16.3. The summed E-state index contributed by atoms with van der Waals surface area (Å²) in [6.45, 7) is 3.12. The molecule has 1 atom stereocenters. The minimum Gasteiger partial charge on any atom is -0.389 e. The summed E-state index contributed by atoms with van der Waals surface area (Å²) >= 11 is 0. The summed E-state index contributed by atoms with van der Waals surface area (Å²) in [6, 6.07) is 9.99. The Bertz CT molecular complexity index is 437. The van der Waals surface area contributed by atoms with Crippen molar-refractivity contribution in [1.29, 1.82) is 0 Å².